The first-order chi connectivity index (χ1) is 16.6. The van der Waals surface area contributed by atoms with Crippen LogP contribution >= 0.6 is 0 Å². The summed E-state index contributed by atoms with van der Waals surface area (Å²) < 4.78 is 60.4. The first-order valence-corrected chi connectivity index (χ1v) is 10.0. The maximum atomic E-state index is 13.6. The van der Waals surface area contributed by atoms with Crippen LogP contribution in [0.5, 0.6) is 17.2 Å². The molecule has 1 unspecified atom stereocenters. The van der Waals surface area contributed by atoms with E-state index in [1.54, 1.807) is 12.1 Å². The zero-order valence-electron chi connectivity index (χ0n) is 19.2. The number of carbonyl (C=O) groups is 3. The zero-order valence-corrected chi connectivity index (χ0v) is 19.2. The molecule has 2 rings (SSSR count). The first kappa shape index (κ1) is 27.0. The Labute approximate surface area is 198 Å². The predicted octanol–water partition coefficient (Wildman–Crippen LogP) is 2.83. The molecule has 0 saturated heterocycles. The standard InChI is InChI=1S/C23H23F3N2O7/c1-12(23(31)27-11-19(29)28-15-7-6-14(24)21(25)22(15)26)35-20(30)8-5-13-9-17(33-3)18(34-4)10-16(13)32-2/h5-10,12H,11H2,1-4H3,(H,27,31)(H,28,29)/b8-5+. The lowest BCUT2D eigenvalue weighted by Gasteiger charge is -2.13. The van der Waals surface area contributed by atoms with Crippen LogP contribution in [0.25, 0.3) is 6.08 Å². The van der Waals surface area contributed by atoms with E-state index < -0.39 is 53.6 Å². The smallest absolute Gasteiger partial charge is 0.331 e. The van der Waals surface area contributed by atoms with Crippen molar-refractivity contribution in [3.8, 4) is 17.2 Å². The second-order valence-electron chi connectivity index (χ2n) is 6.85. The minimum atomic E-state index is -1.74. The lowest BCUT2D eigenvalue weighted by Crippen LogP contribution is -2.40. The van der Waals surface area contributed by atoms with Gasteiger partial charge >= 0.3 is 5.97 Å². The number of carbonyl (C=O) groups excluding carboxylic acids is 3. The van der Waals surface area contributed by atoms with Crippen molar-refractivity contribution in [1.82, 2.24) is 5.32 Å². The van der Waals surface area contributed by atoms with Crippen molar-refractivity contribution < 1.29 is 46.5 Å². The SMILES string of the molecule is COc1cc(OC)c(OC)cc1/C=C/C(=O)OC(C)C(=O)NCC(=O)Nc1ccc(F)c(F)c1F. The summed E-state index contributed by atoms with van der Waals surface area (Å²) in [7, 11) is 4.34. The summed E-state index contributed by atoms with van der Waals surface area (Å²) in [5, 5.41) is 4.17. The van der Waals surface area contributed by atoms with Crippen LogP contribution in [-0.2, 0) is 19.1 Å². The molecule has 1 atom stereocenters. The third kappa shape index (κ3) is 7.13. The van der Waals surface area contributed by atoms with Crippen LogP contribution in [0.15, 0.2) is 30.3 Å². The molecule has 0 bridgehead atoms. The van der Waals surface area contributed by atoms with Crippen molar-refractivity contribution >= 4 is 29.5 Å². The Hall–Kier alpha value is -4.22. The van der Waals surface area contributed by atoms with Crippen molar-refractivity contribution in [3.63, 3.8) is 0 Å². The van der Waals surface area contributed by atoms with Gasteiger partial charge in [0.15, 0.2) is 35.1 Å². The highest BCUT2D eigenvalue weighted by molar-refractivity contribution is 5.96. The summed E-state index contributed by atoms with van der Waals surface area (Å²) in [6.07, 6.45) is 1.16. The third-order valence-corrected chi connectivity index (χ3v) is 4.53. The summed E-state index contributed by atoms with van der Waals surface area (Å²) in [6.45, 7) is 0.628. The molecule has 188 valence electrons. The lowest BCUT2D eigenvalue weighted by molar-refractivity contribution is -0.150. The fourth-order valence-electron chi connectivity index (χ4n) is 2.74. The van der Waals surface area contributed by atoms with Gasteiger partial charge in [-0.1, -0.05) is 0 Å². The first-order valence-electron chi connectivity index (χ1n) is 10.0. The second kappa shape index (κ2) is 12.3. The molecule has 0 aromatic heterocycles. The summed E-state index contributed by atoms with van der Waals surface area (Å²) in [5.41, 5.74) is -0.126. The molecule has 0 aliphatic carbocycles. The number of ether oxygens (including phenoxy) is 4. The van der Waals surface area contributed by atoms with E-state index in [2.05, 4.69) is 5.32 Å². The van der Waals surface area contributed by atoms with Gasteiger partial charge in [-0.05, 0) is 31.2 Å². The highest BCUT2D eigenvalue weighted by Gasteiger charge is 2.19. The van der Waals surface area contributed by atoms with Crippen LogP contribution in [0, 0.1) is 17.5 Å². The average Bonchev–Trinajstić information content (AvgIpc) is 2.85. The summed E-state index contributed by atoms with van der Waals surface area (Å²) in [4.78, 5) is 36.1. The molecule has 35 heavy (non-hydrogen) atoms. The molecule has 2 amide bonds. The molecule has 12 heteroatoms. The van der Waals surface area contributed by atoms with Gasteiger partial charge in [0, 0.05) is 17.7 Å². The van der Waals surface area contributed by atoms with Gasteiger partial charge in [-0.3, -0.25) is 9.59 Å². The Morgan fingerprint density at radius 1 is 0.943 bits per heavy atom. The van der Waals surface area contributed by atoms with E-state index in [-0.39, 0.29) is 0 Å². The van der Waals surface area contributed by atoms with E-state index >= 15 is 0 Å². The van der Waals surface area contributed by atoms with Gasteiger partial charge in [-0.15, -0.1) is 0 Å². The number of halogens is 3. The number of anilines is 1. The number of benzene rings is 2. The number of esters is 1. The van der Waals surface area contributed by atoms with Crippen LogP contribution < -0.4 is 24.8 Å². The van der Waals surface area contributed by atoms with E-state index in [1.807, 2.05) is 5.32 Å². The van der Waals surface area contributed by atoms with E-state index in [1.165, 1.54) is 34.3 Å². The van der Waals surface area contributed by atoms with Crippen molar-refractivity contribution in [2.75, 3.05) is 33.2 Å². The molecule has 2 aromatic rings. The van der Waals surface area contributed by atoms with Crippen LogP contribution in [-0.4, -0.2) is 51.8 Å². The number of hydrogen-bond acceptors (Lipinski definition) is 7. The van der Waals surface area contributed by atoms with E-state index in [9.17, 15) is 27.6 Å². The lowest BCUT2D eigenvalue weighted by atomic mass is 10.1. The summed E-state index contributed by atoms with van der Waals surface area (Å²) in [5.74, 6) is -6.13. The molecule has 0 heterocycles. The van der Waals surface area contributed by atoms with E-state index in [0.29, 0.717) is 28.9 Å². The van der Waals surface area contributed by atoms with E-state index in [0.717, 1.165) is 12.1 Å². The Balaban J connectivity index is 1.92. The highest BCUT2D eigenvalue weighted by Crippen LogP contribution is 2.35. The molecule has 2 aromatic carbocycles. The van der Waals surface area contributed by atoms with Gasteiger partial charge < -0.3 is 29.6 Å². The predicted molar refractivity (Wildman–Crippen MR) is 119 cm³/mol. The van der Waals surface area contributed by atoms with Gasteiger partial charge in [0.25, 0.3) is 5.91 Å². The molecular weight excluding hydrogens is 473 g/mol. The minimum Gasteiger partial charge on any atom is -0.496 e. The molecule has 2 N–H and O–H groups in total. The normalized spacial score (nSPS) is 11.5. The van der Waals surface area contributed by atoms with Gasteiger partial charge in [0.1, 0.15) is 5.75 Å². The quantitative estimate of drug-likeness (QED) is 0.296. The fraction of sp³-hybridized carbons (Fsp3) is 0.261. The summed E-state index contributed by atoms with van der Waals surface area (Å²) >= 11 is 0. The minimum absolute atomic E-state index is 0.390. The van der Waals surface area contributed by atoms with Crippen LogP contribution in [0.3, 0.4) is 0 Å². The Bertz CT molecular complexity index is 1140. The maximum absolute atomic E-state index is 13.6. The molecular formula is C23H23F3N2O7. The van der Waals surface area contributed by atoms with Crippen molar-refractivity contribution in [2.45, 2.75) is 13.0 Å². The van der Waals surface area contributed by atoms with Gasteiger partial charge in [-0.2, -0.15) is 0 Å². The Morgan fingerprint density at radius 3 is 2.20 bits per heavy atom. The number of methoxy groups -OCH3 is 3. The molecule has 9 nitrogen and oxygen atoms in total. The Morgan fingerprint density at radius 2 is 1.57 bits per heavy atom. The molecule has 0 spiro atoms. The second-order valence-corrected chi connectivity index (χ2v) is 6.85. The molecule has 0 saturated carbocycles. The third-order valence-electron chi connectivity index (χ3n) is 4.53. The summed E-state index contributed by atoms with van der Waals surface area (Å²) in [6, 6.07) is 4.61. The highest BCUT2D eigenvalue weighted by atomic mass is 19.2. The maximum Gasteiger partial charge on any atom is 0.331 e. The monoisotopic (exact) mass is 496 g/mol. The molecule has 0 aliphatic rings. The van der Waals surface area contributed by atoms with Crippen LogP contribution in [0.1, 0.15) is 12.5 Å². The van der Waals surface area contributed by atoms with Gasteiger partial charge in [-0.25, -0.2) is 18.0 Å². The topological polar surface area (TPSA) is 112 Å². The number of amides is 2. The van der Waals surface area contributed by atoms with Crippen LogP contribution in [0.4, 0.5) is 18.9 Å². The molecule has 0 fully saturated rings. The fourth-order valence-corrected chi connectivity index (χ4v) is 2.74. The molecule has 0 radical (unpaired) electrons. The van der Waals surface area contributed by atoms with Crippen LogP contribution in [0.2, 0.25) is 0 Å². The Kier molecular flexibility index (Phi) is 9.50. The van der Waals surface area contributed by atoms with Crippen molar-refractivity contribution in [2.24, 2.45) is 0 Å². The van der Waals surface area contributed by atoms with Gasteiger partial charge in [0.2, 0.25) is 5.91 Å². The average molecular weight is 496 g/mol. The number of rotatable bonds is 10. The molecule has 0 aliphatic heterocycles. The van der Waals surface area contributed by atoms with Crippen molar-refractivity contribution in [1.29, 1.82) is 0 Å². The van der Waals surface area contributed by atoms with Gasteiger partial charge in [0.05, 0.1) is 33.6 Å². The number of hydrogen-bond donors (Lipinski definition) is 2. The van der Waals surface area contributed by atoms with Crippen molar-refractivity contribution in [3.05, 3.63) is 53.4 Å². The number of nitrogens with one attached hydrogen (secondary N) is 2. The van der Waals surface area contributed by atoms with E-state index in [4.69, 9.17) is 18.9 Å². The zero-order chi connectivity index (χ0) is 26.1. The largest absolute Gasteiger partial charge is 0.496 e.